The number of aromatic nitrogens is 1. The first-order valence-electron chi connectivity index (χ1n) is 5.29. The number of primary amides is 1. The summed E-state index contributed by atoms with van der Waals surface area (Å²) < 4.78 is 0. The van der Waals surface area contributed by atoms with Gasteiger partial charge in [-0.2, -0.15) is 0 Å². The molecule has 1 aromatic rings. The predicted molar refractivity (Wildman–Crippen MR) is 70.1 cm³/mol. The number of Topliss-reactive ketones (excluding diaryl/α,β-unsaturated/α-hetero) is 1. The summed E-state index contributed by atoms with van der Waals surface area (Å²) in [7, 11) is 0. The molecule has 1 heterocycles. The number of urea groups is 1. The second kappa shape index (κ2) is 4.73. The molecule has 2 amide bonds. The van der Waals surface area contributed by atoms with Crippen molar-refractivity contribution in [2.75, 3.05) is 11.4 Å². The van der Waals surface area contributed by atoms with Crippen LogP contribution in [0.3, 0.4) is 0 Å². The number of anilines is 1. The average Bonchev–Trinajstić information content (AvgIpc) is 2.68. The number of hydrogen-bond donors (Lipinski definition) is 1. The zero-order valence-corrected chi connectivity index (χ0v) is 11.7. The summed E-state index contributed by atoms with van der Waals surface area (Å²) in [6.07, 6.45) is 1.50. The van der Waals surface area contributed by atoms with Crippen LogP contribution in [-0.4, -0.2) is 28.2 Å². The standard InChI is InChI=1S/C10H12BrN3O2S/c1-2-14(9(12)16)10-13-6-4-3-5(11)7(15)8(6)17-10/h5H,2-4H2,1H3,(H2,12,16). The molecule has 1 aliphatic carbocycles. The third-order valence-corrected chi connectivity index (χ3v) is 4.65. The van der Waals surface area contributed by atoms with E-state index in [1.807, 2.05) is 6.92 Å². The summed E-state index contributed by atoms with van der Waals surface area (Å²) in [6.45, 7) is 2.27. The number of thiazole rings is 1. The van der Waals surface area contributed by atoms with Crippen LogP contribution in [0, 0.1) is 0 Å². The lowest BCUT2D eigenvalue weighted by molar-refractivity contribution is 0.0985. The van der Waals surface area contributed by atoms with Crippen LogP contribution >= 0.6 is 27.3 Å². The van der Waals surface area contributed by atoms with Crippen LogP contribution in [-0.2, 0) is 6.42 Å². The smallest absolute Gasteiger partial charge is 0.321 e. The van der Waals surface area contributed by atoms with Gasteiger partial charge in [0.2, 0.25) is 0 Å². The molecule has 0 spiro atoms. The summed E-state index contributed by atoms with van der Waals surface area (Å²) in [5.74, 6) is 0.0514. The highest BCUT2D eigenvalue weighted by Crippen LogP contribution is 2.33. The fourth-order valence-corrected chi connectivity index (χ4v) is 3.52. The van der Waals surface area contributed by atoms with Crippen molar-refractivity contribution in [3.63, 3.8) is 0 Å². The van der Waals surface area contributed by atoms with Crippen LogP contribution in [0.5, 0.6) is 0 Å². The molecule has 0 aliphatic heterocycles. The van der Waals surface area contributed by atoms with Crippen molar-refractivity contribution >= 4 is 44.2 Å². The topological polar surface area (TPSA) is 76.3 Å². The highest BCUT2D eigenvalue weighted by atomic mass is 79.9. The third kappa shape index (κ3) is 2.21. The average molecular weight is 318 g/mol. The fourth-order valence-electron chi connectivity index (χ4n) is 1.74. The van der Waals surface area contributed by atoms with Crippen LogP contribution in [0.2, 0.25) is 0 Å². The van der Waals surface area contributed by atoms with Crippen LogP contribution in [0.15, 0.2) is 0 Å². The lowest BCUT2D eigenvalue weighted by Gasteiger charge is -2.13. The van der Waals surface area contributed by atoms with Crippen molar-refractivity contribution in [2.24, 2.45) is 5.73 Å². The van der Waals surface area contributed by atoms with E-state index in [1.54, 1.807) is 0 Å². The number of nitrogens with two attached hydrogens (primary N) is 1. The Bertz CT molecular complexity index is 474. The van der Waals surface area contributed by atoms with E-state index in [0.29, 0.717) is 16.6 Å². The quantitative estimate of drug-likeness (QED) is 0.847. The molecule has 1 aliphatic rings. The Balaban J connectivity index is 2.37. The van der Waals surface area contributed by atoms with Gasteiger partial charge >= 0.3 is 6.03 Å². The molecule has 0 aromatic carbocycles. The molecule has 1 unspecified atom stereocenters. The largest absolute Gasteiger partial charge is 0.351 e. The van der Waals surface area contributed by atoms with E-state index in [4.69, 9.17) is 5.73 Å². The molecule has 17 heavy (non-hydrogen) atoms. The molecule has 0 saturated carbocycles. The minimum Gasteiger partial charge on any atom is -0.351 e. The zero-order valence-electron chi connectivity index (χ0n) is 9.27. The number of hydrogen-bond acceptors (Lipinski definition) is 4. The van der Waals surface area contributed by atoms with Crippen LogP contribution in [0.25, 0.3) is 0 Å². The lowest BCUT2D eigenvalue weighted by Crippen LogP contribution is -2.35. The third-order valence-electron chi connectivity index (χ3n) is 2.64. The van der Waals surface area contributed by atoms with E-state index < -0.39 is 6.03 Å². The van der Waals surface area contributed by atoms with Gasteiger partial charge in [0.25, 0.3) is 0 Å². The van der Waals surface area contributed by atoms with Gasteiger partial charge < -0.3 is 5.73 Å². The van der Waals surface area contributed by atoms with E-state index in [-0.39, 0.29) is 10.6 Å². The van der Waals surface area contributed by atoms with Gasteiger partial charge in [0, 0.05) is 6.54 Å². The molecule has 1 atom stereocenters. The van der Waals surface area contributed by atoms with Crippen molar-refractivity contribution in [2.45, 2.75) is 24.6 Å². The monoisotopic (exact) mass is 317 g/mol. The minimum absolute atomic E-state index is 0.0514. The summed E-state index contributed by atoms with van der Waals surface area (Å²) in [4.78, 5) is 29.3. The number of ketones is 1. The van der Waals surface area contributed by atoms with Crippen molar-refractivity contribution in [1.29, 1.82) is 0 Å². The molecule has 2 rings (SSSR count). The highest BCUT2D eigenvalue weighted by molar-refractivity contribution is 9.10. The number of nitrogens with zero attached hydrogens (tertiary/aromatic N) is 2. The van der Waals surface area contributed by atoms with Gasteiger partial charge in [-0.3, -0.25) is 9.69 Å². The normalized spacial score (nSPS) is 18.9. The SMILES string of the molecule is CCN(C(N)=O)c1nc2c(s1)C(=O)C(Br)CC2. The Morgan fingerprint density at radius 3 is 3.00 bits per heavy atom. The molecule has 1 aromatic heterocycles. The van der Waals surface area contributed by atoms with Gasteiger partial charge in [0.15, 0.2) is 10.9 Å². The predicted octanol–water partition coefficient (Wildman–Crippen LogP) is 1.94. The molecule has 0 saturated heterocycles. The second-order valence-electron chi connectivity index (χ2n) is 3.73. The minimum atomic E-state index is -0.540. The highest BCUT2D eigenvalue weighted by Gasteiger charge is 2.30. The summed E-state index contributed by atoms with van der Waals surface area (Å²) in [5, 5.41) is 0.514. The number of carbonyl (C=O) groups excluding carboxylic acids is 2. The zero-order chi connectivity index (χ0) is 12.6. The Morgan fingerprint density at radius 1 is 1.71 bits per heavy atom. The van der Waals surface area contributed by atoms with Crippen molar-refractivity contribution in [3.8, 4) is 0 Å². The van der Waals surface area contributed by atoms with Gasteiger partial charge in [-0.25, -0.2) is 9.78 Å². The summed E-state index contributed by atoms with van der Waals surface area (Å²) >= 11 is 4.58. The van der Waals surface area contributed by atoms with Crippen molar-refractivity contribution in [3.05, 3.63) is 10.6 Å². The maximum atomic E-state index is 11.9. The lowest BCUT2D eigenvalue weighted by atomic mass is 10.0. The second-order valence-corrected chi connectivity index (χ2v) is 5.81. The fraction of sp³-hybridized carbons (Fsp3) is 0.500. The molecule has 0 bridgehead atoms. The number of fused-ring (bicyclic) bond motifs is 1. The Kier molecular flexibility index (Phi) is 3.48. The number of halogens is 1. The Hall–Kier alpha value is -0.950. The Morgan fingerprint density at radius 2 is 2.41 bits per heavy atom. The van der Waals surface area contributed by atoms with Gasteiger partial charge in [-0.15, -0.1) is 0 Å². The molecular formula is C10H12BrN3O2S. The van der Waals surface area contributed by atoms with E-state index in [9.17, 15) is 9.59 Å². The molecule has 2 N–H and O–H groups in total. The maximum absolute atomic E-state index is 11.9. The number of alkyl halides is 1. The molecule has 92 valence electrons. The number of aryl methyl sites for hydroxylation is 1. The number of rotatable bonds is 2. The van der Waals surface area contributed by atoms with Crippen molar-refractivity contribution in [1.82, 2.24) is 4.98 Å². The first kappa shape index (κ1) is 12.5. The van der Waals surface area contributed by atoms with E-state index in [1.165, 1.54) is 16.2 Å². The molecule has 0 radical (unpaired) electrons. The molecule has 0 fully saturated rings. The van der Waals surface area contributed by atoms with Crippen LogP contribution in [0.1, 0.15) is 28.7 Å². The number of carbonyl (C=O) groups is 2. The molecular weight excluding hydrogens is 306 g/mol. The van der Waals surface area contributed by atoms with Gasteiger partial charge in [-0.05, 0) is 19.8 Å². The van der Waals surface area contributed by atoms with Gasteiger partial charge in [0.1, 0.15) is 0 Å². The first-order valence-corrected chi connectivity index (χ1v) is 7.02. The van der Waals surface area contributed by atoms with Gasteiger partial charge in [-0.1, -0.05) is 27.3 Å². The van der Waals surface area contributed by atoms with E-state index in [0.717, 1.165) is 18.5 Å². The van der Waals surface area contributed by atoms with Crippen molar-refractivity contribution < 1.29 is 9.59 Å². The summed E-state index contributed by atoms with van der Waals surface area (Å²) in [6, 6.07) is -0.540. The Labute approximate surface area is 111 Å². The molecule has 5 nitrogen and oxygen atoms in total. The molecule has 7 heteroatoms. The van der Waals surface area contributed by atoms with Crippen LogP contribution < -0.4 is 10.6 Å². The first-order chi connectivity index (χ1) is 8.04. The van der Waals surface area contributed by atoms with Gasteiger partial charge in [0.05, 0.1) is 15.4 Å². The van der Waals surface area contributed by atoms with E-state index >= 15 is 0 Å². The van der Waals surface area contributed by atoms with Crippen LogP contribution in [0.4, 0.5) is 9.93 Å². The van der Waals surface area contributed by atoms with E-state index in [2.05, 4.69) is 20.9 Å². The summed E-state index contributed by atoms with van der Waals surface area (Å²) in [5.41, 5.74) is 6.04. The maximum Gasteiger partial charge on any atom is 0.321 e. The number of amides is 2.